The minimum atomic E-state index is -1.45. The summed E-state index contributed by atoms with van der Waals surface area (Å²) in [5, 5.41) is 21.7. The molecule has 0 aliphatic rings. The summed E-state index contributed by atoms with van der Waals surface area (Å²) in [6, 6.07) is -2.50. The van der Waals surface area contributed by atoms with E-state index in [4.69, 9.17) is 15.9 Å². The lowest BCUT2D eigenvalue weighted by atomic mass is 10.1. The number of aliphatic carboxylic acids is 2. The number of carboxylic acid groups (broad SMARTS) is 2. The van der Waals surface area contributed by atoms with Crippen molar-refractivity contribution < 1.29 is 29.4 Å². The van der Waals surface area contributed by atoms with Crippen molar-refractivity contribution in [3.8, 4) is 0 Å². The number of nitrogens with two attached hydrogens (primary N) is 1. The third-order valence-electron chi connectivity index (χ3n) is 2.45. The van der Waals surface area contributed by atoms with Crippen LogP contribution >= 0.6 is 12.6 Å². The highest BCUT2D eigenvalue weighted by molar-refractivity contribution is 7.80. The largest absolute Gasteiger partial charge is 0.480 e. The van der Waals surface area contributed by atoms with Crippen LogP contribution < -0.4 is 11.1 Å². The van der Waals surface area contributed by atoms with Crippen LogP contribution in [0, 0.1) is 4.91 Å². The fourth-order valence-corrected chi connectivity index (χ4v) is 1.56. The fraction of sp³-hybridized carbons (Fsp3) is 0.600. The maximum absolute atomic E-state index is 11.8. The van der Waals surface area contributed by atoms with E-state index in [0.29, 0.717) is 0 Å². The van der Waals surface area contributed by atoms with Crippen LogP contribution in [0.2, 0.25) is 0 Å². The van der Waals surface area contributed by atoms with Gasteiger partial charge in [-0.3, -0.25) is 19.2 Å². The van der Waals surface area contributed by atoms with E-state index >= 15 is 0 Å². The maximum atomic E-state index is 11.8. The van der Waals surface area contributed by atoms with Gasteiger partial charge in [-0.15, -0.1) is 4.91 Å². The predicted octanol–water partition coefficient (Wildman–Crippen LogP) is -1.81. The van der Waals surface area contributed by atoms with Crippen LogP contribution in [0.5, 0.6) is 0 Å². The van der Waals surface area contributed by atoms with Crippen molar-refractivity contribution in [3.05, 3.63) is 4.91 Å². The van der Waals surface area contributed by atoms with E-state index in [1.807, 2.05) is 0 Å². The second-order valence-corrected chi connectivity index (χ2v) is 4.52. The lowest BCUT2D eigenvalue weighted by Crippen LogP contribution is -2.49. The summed E-state index contributed by atoms with van der Waals surface area (Å²) in [6.07, 6.45) is -0.419. The SMILES string of the molecule is NC(CCC(=O)N[C@H](CS)C(=O)N(CC(=O)O)N=O)C(=O)O. The Kier molecular flexibility index (Phi) is 8.70. The molecule has 5 N–H and O–H groups in total. The predicted molar refractivity (Wildman–Crippen MR) is 75.8 cm³/mol. The Labute approximate surface area is 130 Å². The van der Waals surface area contributed by atoms with Crippen molar-refractivity contribution in [3.63, 3.8) is 0 Å². The first-order chi connectivity index (χ1) is 10.2. The zero-order valence-electron chi connectivity index (χ0n) is 11.3. The Morgan fingerprint density at radius 2 is 1.86 bits per heavy atom. The van der Waals surface area contributed by atoms with Crippen molar-refractivity contribution >= 4 is 36.4 Å². The molecule has 2 atom stereocenters. The number of carboxylic acids is 2. The second-order valence-electron chi connectivity index (χ2n) is 4.16. The minimum absolute atomic E-state index is 0.145. The summed E-state index contributed by atoms with van der Waals surface area (Å²) in [5.74, 6) is -4.66. The lowest BCUT2D eigenvalue weighted by molar-refractivity contribution is -0.145. The molecule has 0 saturated carbocycles. The molecule has 124 valence electrons. The van der Waals surface area contributed by atoms with Crippen molar-refractivity contribution in [2.75, 3.05) is 12.3 Å². The first-order valence-corrected chi connectivity index (χ1v) is 6.61. The van der Waals surface area contributed by atoms with Gasteiger partial charge in [0.05, 0.1) is 5.29 Å². The number of nitrogens with zero attached hydrogens (tertiary/aromatic N) is 2. The molecule has 0 heterocycles. The van der Waals surface area contributed by atoms with E-state index in [1.54, 1.807) is 0 Å². The number of carbonyl (C=O) groups excluding carboxylic acids is 2. The Morgan fingerprint density at radius 3 is 2.27 bits per heavy atom. The molecule has 0 spiro atoms. The van der Waals surface area contributed by atoms with E-state index in [2.05, 4.69) is 23.2 Å². The van der Waals surface area contributed by atoms with E-state index in [1.165, 1.54) is 0 Å². The van der Waals surface area contributed by atoms with Crippen molar-refractivity contribution in [1.82, 2.24) is 10.3 Å². The molecule has 0 aromatic carbocycles. The van der Waals surface area contributed by atoms with Crippen LogP contribution in [0.1, 0.15) is 12.8 Å². The summed E-state index contributed by atoms with van der Waals surface area (Å²) >= 11 is 3.82. The molecule has 1 unspecified atom stereocenters. The zero-order valence-corrected chi connectivity index (χ0v) is 12.2. The Morgan fingerprint density at radius 1 is 1.27 bits per heavy atom. The fourth-order valence-electron chi connectivity index (χ4n) is 1.32. The molecule has 11 nitrogen and oxygen atoms in total. The van der Waals surface area contributed by atoms with Crippen LogP contribution in [0.3, 0.4) is 0 Å². The Hall–Kier alpha value is -2.21. The number of thiol groups is 1. The summed E-state index contributed by atoms with van der Waals surface area (Å²) in [6.45, 7) is -0.952. The second kappa shape index (κ2) is 9.68. The first kappa shape index (κ1) is 19.8. The van der Waals surface area contributed by atoms with Gasteiger partial charge in [-0.2, -0.15) is 17.6 Å². The number of nitroso groups, excluding NO2 is 1. The van der Waals surface area contributed by atoms with Gasteiger partial charge >= 0.3 is 11.9 Å². The molecule has 0 aromatic heterocycles. The van der Waals surface area contributed by atoms with E-state index < -0.39 is 42.4 Å². The van der Waals surface area contributed by atoms with Gasteiger partial charge in [0.2, 0.25) is 5.91 Å². The monoisotopic (exact) mass is 336 g/mol. The summed E-state index contributed by atoms with van der Waals surface area (Å²) in [7, 11) is 0. The lowest BCUT2D eigenvalue weighted by Gasteiger charge is -2.19. The molecule has 0 radical (unpaired) electrons. The first-order valence-electron chi connectivity index (χ1n) is 5.98. The number of hydrogen-bond acceptors (Lipinski definition) is 8. The van der Waals surface area contributed by atoms with Gasteiger partial charge in [0.1, 0.15) is 18.6 Å². The zero-order chi connectivity index (χ0) is 17.3. The molecule has 22 heavy (non-hydrogen) atoms. The molecule has 2 amide bonds. The van der Waals surface area contributed by atoms with Gasteiger partial charge in [0, 0.05) is 12.2 Å². The molecule has 0 aliphatic heterocycles. The molecule has 0 aromatic rings. The standard InChI is InChI=1S/C10H16N4O7S/c11-5(10(19)20)1-2-7(15)12-6(4-22)9(18)14(13-21)3-8(16)17/h5-6,22H,1-4,11H2,(H,12,15)(H,16,17)(H,19,20)/t5?,6-/m1/s1. The highest BCUT2D eigenvalue weighted by Crippen LogP contribution is 2.01. The topological polar surface area (TPSA) is 179 Å². The average Bonchev–Trinajstić information content (AvgIpc) is 2.46. The molecular weight excluding hydrogens is 320 g/mol. The smallest absolute Gasteiger partial charge is 0.325 e. The number of amides is 2. The molecule has 0 fully saturated rings. The summed E-state index contributed by atoms with van der Waals surface area (Å²) in [4.78, 5) is 54.8. The summed E-state index contributed by atoms with van der Waals surface area (Å²) < 4.78 is 0. The number of carbonyl (C=O) groups is 4. The van der Waals surface area contributed by atoms with Crippen LogP contribution in [-0.4, -0.2) is 63.4 Å². The normalized spacial score (nSPS) is 12.8. The summed E-state index contributed by atoms with van der Waals surface area (Å²) in [5.41, 5.74) is 5.22. The maximum Gasteiger partial charge on any atom is 0.325 e. The highest BCUT2D eigenvalue weighted by Gasteiger charge is 2.27. The van der Waals surface area contributed by atoms with Gasteiger partial charge < -0.3 is 21.3 Å². The Balaban J connectivity index is 4.59. The molecule has 0 rings (SSSR count). The molecule has 0 saturated heterocycles. The minimum Gasteiger partial charge on any atom is -0.480 e. The van der Waals surface area contributed by atoms with E-state index in [-0.39, 0.29) is 23.6 Å². The quantitative estimate of drug-likeness (QED) is 0.176. The van der Waals surface area contributed by atoms with Crippen LogP contribution in [0.4, 0.5) is 0 Å². The van der Waals surface area contributed by atoms with Crippen molar-refractivity contribution in [2.45, 2.75) is 24.9 Å². The molecular formula is C10H16N4O7S. The van der Waals surface area contributed by atoms with Crippen LogP contribution in [-0.2, 0) is 19.2 Å². The highest BCUT2D eigenvalue weighted by atomic mass is 32.1. The van der Waals surface area contributed by atoms with Crippen LogP contribution in [0.25, 0.3) is 0 Å². The number of rotatable bonds is 10. The van der Waals surface area contributed by atoms with Crippen LogP contribution in [0.15, 0.2) is 5.29 Å². The Bertz CT molecular complexity index is 459. The van der Waals surface area contributed by atoms with Gasteiger partial charge in [-0.1, -0.05) is 0 Å². The number of hydrogen-bond donors (Lipinski definition) is 5. The molecule has 12 heteroatoms. The van der Waals surface area contributed by atoms with Crippen molar-refractivity contribution in [1.29, 1.82) is 0 Å². The van der Waals surface area contributed by atoms with Gasteiger partial charge in [-0.05, 0) is 6.42 Å². The third-order valence-corrected chi connectivity index (χ3v) is 2.82. The molecule has 0 bridgehead atoms. The van der Waals surface area contributed by atoms with E-state index in [0.717, 1.165) is 0 Å². The average molecular weight is 336 g/mol. The third kappa shape index (κ3) is 6.99. The van der Waals surface area contributed by atoms with E-state index in [9.17, 15) is 24.1 Å². The molecule has 0 aliphatic carbocycles. The van der Waals surface area contributed by atoms with Crippen molar-refractivity contribution in [2.24, 2.45) is 11.0 Å². The van der Waals surface area contributed by atoms with Gasteiger partial charge in [0.15, 0.2) is 0 Å². The number of nitrogens with one attached hydrogen (secondary N) is 1. The van der Waals surface area contributed by atoms with Gasteiger partial charge in [-0.25, -0.2) is 0 Å². The van der Waals surface area contributed by atoms with Gasteiger partial charge in [0.25, 0.3) is 5.91 Å².